The second-order valence-electron chi connectivity index (χ2n) is 3.36. The molecule has 0 aliphatic rings. The number of hydrogen-bond acceptors (Lipinski definition) is 2. The van der Waals surface area contributed by atoms with Crippen LogP contribution in [0.5, 0.6) is 0 Å². The van der Waals surface area contributed by atoms with Gasteiger partial charge in [0.15, 0.2) is 0 Å². The number of halogens is 1. The van der Waals surface area contributed by atoms with E-state index in [1.165, 1.54) is 0 Å². The number of imidazole rings is 1. The SMILES string of the molecule is C[C@H](O)c1ccc(-n2ccnc2)c(Cl)c1. The highest BCUT2D eigenvalue weighted by Gasteiger charge is 2.06. The summed E-state index contributed by atoms with van der Waals surface area (Å²) in [5.41, 5.74) is 1.67. The molecule has 1 aromatic carbocycles. The van der Waals surface area contributed by atoms with Crippen LogP contribution < -0.4 is 0 Å². The third-order valence-electron chi connectivity index (χ3n) is 2.24. The first-order valence-electron chi connectivity index (χ1n) is 4.64. The minimum atomic E-state index is -0.501. The van der Waals surface area contributed by atoms with Crippen molar-refractivity contribution in [2.75, 3.05) is 0 Å². The Balaban J connectivity index is 2.44. The van der Waals surface area contributed by atoms with Crippen molar-refractivity contribution in [2.45, 2.75) is 13.0 Å². The van der Waals surface area contributed by atoms with Gasteiger partial charge in [0.25, 0.3) is 0 Å². The molecule has 15 heavy (non-hydrogen) atoms. The van der Waals surface area contributed by atoms with Crippen LogP contribution in [0, 0.1) is 0 Å². The molecule has 2 rings (SSSR count). The zero-order chi connectivity index (χ0) is 10.8. The van der Waals surface area contributed by atoms with Crippen molar-refractivity contribution < 1.29 is 5.11 Å². The number of aliphatic hydroxyl groups is 1. The Kier molecular flexibility index (Phi) is 2.75. The van der Waals surface area contributed by atoms with Crippen LogP contribution in [0.4, 0.5) is 0 Å². The second kappa shape index (κ2) is 4.04. The van der Waals surface area contributed by atoms with Crippen LogP contribution in [0.1, 0.15) is 18.6 Å². The largest absolute Gasteiger partial charge is 0.389 e. The minimum Gasteiger partial charge on any atom is -0.389 e. The van der Waals surface area contributed by atoms with Gasteiger partial charge in [0.05, 0.1) is 23.1 Å². The first kappa shape index (κ1) is 10.2. The summed E-state index contributed by atoms with van der Waals surface area (Å²) in [5, 5.41) is 9.99. The van der Waals surface area contributed by atoms with Gasteiger partial charge in [0.1, 0.15) is 0 Å². The topological polar surface area (TPSA) is 38.0 Å². The molecular weight excluding hydrogens is 212 g/mol. The van der Waals surface area contributed by atoms with E-state index in [1.54, 1.807) is 25.5 Å². The lowest BCUT2D eigenvalue weighted by Crippen LogP contribution is -1.95. The minimum absolute atomic E-state index is 0.501. The average Bonchev–Trinajstić information content (AvgIpc) is 2.70. The van der Waals surface area contributed by atoms with E-state index in [2.05, 4.69) is 4.98 Å². The molecule has 0 spiro atoms. The fourth-order valence-electron chi connectivity index (χ4n) is 1.39. The highest BCUT2D eigenvalue weighted by Crippen LogP contribution is 2.24. The normalized spacial score (nSPS) is 12.7. The van der Waals surface area contributed by atoms with E-state index in [1.807, 2.05) is 22.9 Å². The molecule has 3 nitrogen and oxygen atoms in total. The maximum atomic E-state index is 9.39. The smallest absolute Gasteiger partial charge is 0.0992 e. The maximum Gasteiger partial charge on any atom is 0.0992 e. The van der Waals surface area contributed by atoms with Crippen molar-refractivity contribution in [3.05, 3.63) is 47.5 Å². The van der Waals surface area contributed by atoms with Gasteiger partial charge in [-0.25, -0.2) is 4.98 Å². The van der Waals surface area contributed by atoms with Crippen LogP contribution in [0.3, 0.4) is 0 Å². The molecule has 0 fully saturated rings. The predicted molar refractivity (Wildman–Crippen MR) is 59.2 cm³/mol. The van der Waals surface area contributed by atoms with Crippen molar-refractivity contribution >= 4 is 11.6 Å². The molecule has 0 radical (unpaired) electrons. The number of benzene rings is 1. The summed E-state index contributed by atoms with van der Waals surface area (Å²) in [6.07, 6.45) is 4.70. The van der Waals surface area contributed by atoms with Crippen LogP contribution in [-0.2, 0) is 0 Å². The van der Waals surface area contributed by atoms with Crippen molar-refractivity contribution in [3.63, 3.8) is 0 Å². The van der Waals surface area contributed by atoms with Gasteiger partial charge in [-0.3, -0.25) is 0 Å². The lowest BCUT2D eigenvalue weighted by Gasteiger charge is -2.09. The molecular formula is C11H11ClN2O. The standard InChI is InChI=1S/C11H11ClN2O/c1-8(15)9-2-3-11(10(12)6-9)14-5-4-13-7-14/h2-8,15H,1H3/t8-/m0/s1. The molecule has 0 saturated heterocycles. The molecule has 1 atom stereocenters. The summed E-state index contributed by atoms with van der Waals surface area (Å²) in [4.78, 5) is 3.95. The molecule has 0 unspecified atom stereocenters. The zero-order valence-corrected chi connectivity index (χ0v) is 9.02. The van der Waals surface area contributed by atoms with Crippen LogP contribution in [0.2, 0.25) is 5.02 Å². The summed E-state index contributed by atoms with van der Waals surface area (Å²) >= 11 is 6.11. The van der Waals surface area contributed by atoms with Crippen LogP contribution in [-0.4, -0.2) is 14.7 Å². The summed E-state index contributed by atoms with van der Waals surface area (Å²) < 4.78 is 1.83. The molecule has 1 N–H and O–H groups in total. The highest BCUT2D eigenvalue weighted by atomic mass is 35.5. The Morgan fingerprint density at radius 1 is 1.47 bits per heavy atom. The van der Waals surface area contributed by atoms with E-state index >= 15 is 0 Å². The summed E-state index contributed by atoms with van der Waals surface area (Å²) in [6, 6.07) is 5.49. The first-order valence-corrected chi connectivity index (χ1v) is 5.02. The Hall–Kier alpha value is -1.32. The maximum absolute atomic E-state index is 9.39. The van der Waals surface area contributed by atoms with E-state index in [4.69, 9.17) is 11.6 Å². The fraction of sp³-hybridized carbons (Fsp3) is 0.182. The third kappa shape index (κ3) is 2.03. The second-order valence-corrected chi connectivity index (χ2v) is 3.76. The van der Waals surface area contributed by atoms with Gasteiger partial charge in [-0.15, -0.1) is 0 Å². The number of aromatic nitrogens is 2. The first-order chi connectivity index (χ1) is 7.18. The van der Waals surface area contributed by atoms with Crippen LogP contribution >= 0.6 is 11.6 Å². The van der Waals surface area contributed by atoms with Gasteiger partial charge >= 0.3 is 0 Å². The summed E-state index contributed by atoms with van der Waals surface area (Å²) in [7, 11) is 0. The van der Waals surface area contributed by atoms with E-state index in [9.17, 15) is 5.11 Å². The van der Waals surface area contributed by atoms with Crippen LogP contribution in [0.25, 0.3) is 5.69 Å². The summed E-state index contributed by atoms with van der Waals surface area (Å²) in [6.45, 7) is 1.71. The number of nitrogens with zero attached hydrogens (tertiary/aromatic N) is 2. The van der Waals surface area contributed by atoms with Gasteiger partial charge in [-0.2, -0.15) is 0 Å². The Morgan fingerprint density at radius 3 is 2.80 bits per heavy atom. The molecule has 0 aliphatic carbocycles. The molecule has 1 aromatic heterocycles. The molecule has 1 heterocycles. The van der Waals surface area contributed by atoms with E-state index in [-0.39, 0.29) is 0 Å². The zero-order valence-electron chi connectivity index (χ0n) is 8.26. The van der Waals surface area contributed by atoms with E-state index in [0.29, 0.717) is 5.02 Å². The lowest BCUT2D eigenvalue weighted by atomic mass is 10.1. The van der Waals surface area contributed by atoms with E-state index < -0.39 is 6.10 Å². The Labute approximate surface area is 93.0 Å². The van der Waals surface area contributed by atoms with Crippen molar-refractivity contribution in [2.24, 2.45) is 0 Å². The quantitative estimate of drug-likeness (QED) is 0.848. The number of aliphatic hydroxyl groups excluding tert-OH is 1. The lowest BCUT2D eigenvalue weighted by molar-refractivity contribution is 0.199. The van der Waals surface area contributed by atoms with Gasteiger partial charge in [0, 0.05) is 12.4 Å². The molecule has 0 aliphatic heterocycles. The highest BCUT2D eigenvalue weighted by molar-refractivity contribution is 6.32. The Morgan fingerprint density at radius 2 is 2.27 bits per heavy atom. The summed E-state index contributed by atoms with van der Waals surface area (Å²) in [5.74, 6) is 0. The Bertz CT molecular complexity index is 452. The number of rotatable bonds is 2. The predicted octanol–water partition coefficient (Wildman–Crippen LogP) is 2.58. The van der Waals surface area contributed by atoms with Crippen molar-refractivity contribution in [1.29, 1.82) is 0 Å². The average molecular weight is 223 g/mol. The van der Waals surface area contributed by atoms with Gasteiger partial charge in [0.2, 0.25) is 0 Å². The molecule has 4 heteroatoms. The number of hydrogen-bond donors (Lipinski definition) is 1. The molecule has 2 aromatic rings. The van der Waals surface area contributed by atoms with Gasteiger partial charge < -0.3 is 9.67 Å². The van der Waals surface area contributed by atoms with Crippen LogP contribution in [0.15, 0.2) is 36.9 Å². The van der Waals surface area contributed by atoms with Gasteiger partial charge in [-0.05, 0) is 24.6 Å². The van der Waals surface area contributed by atoms with Crippen molar-refractivity contribution in [1.82, 2.24) is 9.55 Å². The molecule has 78 valence electrons. The molecule has 0 saturated carbocycles. The van der Waals surface area contributed by atoms with E-state index in [0.717, 1.165) is 11.3 Å². The van der Waals surface area contributed by atoms with Crippen molar-refractivity contribution in [3.8, 4) is 5.69 Å². The third-order valence-corrected chi connectivity index (χ3v) is 2.54. The fourth-order valence-corrected chi connectivity index (χ4v) is 1.68. The van der Waals surface area contributed by atoms with Gasteiger partial charge in [-0.1, -0.05) is 17.7 Å². The molecule has 0 bridgehead atoms. The monoisotopic (exact) mass is 222 g/mol. The molecule has 0 amide bonds.